The van der Waals surface area contributed by atoms with Crippen LogP contribution in [0, 0.1) is 27.7 Å². The molecular formula is C38H42N4S. The van der Waals surface area contributed by atoms with E-state index >= 15 is 0 Å². The van der Waals surface area contributed by atoms with E-state index in [0.717, 1.165) is 26.2 Å². The maximum absolute atomic E-state index is 3.99. The first kappa shape index (κ1) is 27.3. The Morgan fingerprint density at radius 3 is 1.49 bits per heavy atom. The molecule has 0 radical (unpaired) electrons. The van der Waals surface area contributed by atoms with Crippen LogP contribution in [-0.2, 0) is 0 Å². The molecule has 2 unspecified atom stereocenters. The summed E-state index contributed by atoms with van der Waals surface area (Å²) in [6, 6.07) is 24.5. The quantitative estimate of drug-likeness (QED) is 0.194. The van der Waals surface area contributed by atoms with Crippen molar-refractivity contribution >= 4 is 23.1 Å². The smallest absolute Gasteiger partial charge is 0.0462 e. The molecule has 2 fully saturated rings. The Kier molecular flexibility index (Phi) is 6.81. The van der Waals surface area contributed by atoms with Gasteiger partial charge in [-0.3, -0.25) is 0 Å². The largest absolute Gasteiger partial charge is 0.381 e. The van der Waals surface area contributed by atoms with Gasteiger partial charge in [0.25, 0.3) is 0 Å². The molecule has 4 aliphatic rings. The molecule has 4 heterocycles. The molecule has 220 valence electrons. The SMILES string of the molecule is Cc1ccc(Sc2ccc(C)cc2-c2ccc(C)c3c2N[C@@H]2CCNC[C@@H]32)c(-c2ccc(C)c3c2NC2CCNCC32)c1. The summed E-state index contributed by atoms with van der Waals surface area (Å²) in [5, 5.41) is 15.3. The van der Waals surface area contributed by atoms with E-state index in [-0.39, 0.29) is 0 Å². The Hall–Kier alpha value is -3.25. The van der Waals surface area contributed by atoms with E-state index in [1.165, 1.54) is 89.6 Å². The molecule has 8 rings (SSSR count). The van der Waals surface area contributed by atoms with Gasteiger partial charge in [-0.1, -0.05) is 71.4 Å². The van der Waals surface area contributed by atoms with Crippen molar-refractivity contribution in [2.24, 2.45) is 0 Å². The predicted octanol–water partition coefficient (Wildman–Crippen LogP) is 8.15. The molecule has 0 aromatic heterocycles. The summed E-state index contributed by atoms with van der Waals surface area (Å²) in [4.78, 5) is 2.62. The number of hydrogen-bond donors (Lipinski definition) is 4. The summed E-state index contributed by atoms with van der Waals surface area (Å²) in [6.45, 7) is 13.3. The van der Waals surface area contributed by atoms with E-state index in [2.05, 4.69) is 110 Å². The van der Waals surface area contributed by atoms with Gasteiger partial charge in [0, 0.05) is 69.3 Å². The van der Waals surface area contributed by atoms with Crippen LogP contribution in [0.4, 0.5) is 11.4 Å². The highest BCUT2D eigenvalue weighted by molar-refractivity contribution is 7.99. The normalized spacial score (nSPS) is 23.5. The Morgan fingerprint density at radius 1 is 0.558 bits per heavy atom. The Morgan fingerprint density at radius 2 is 1.02 bits per heavy atom. The molecule has 0 bridgehead atoms. The summed E-state index contributed by atoms with van der Waals surface area (Å²) >= 11 is 1.92. The zero-order chi connectivity index (χ0) is 29.2. The van der Waals surface area contributed by atoms with E-state index in [1.54, 1.807) is 0 Å². The molecule has 2 saturated heterocycles. The van der Waals surface area contributed by atoms with Gasteiger partial charge in [-0.2, -0.15) is 0 Å². The maximum Gasteiger partial charge on any atom is 0.0462 e. The van der Waals surface area contributed by atoms with Gasteiger partial charge in [-0.05, 0) is 99.1 Å². The summed E-state index contributed by atoms with van der Waals surface area (Å²) < 4.78 is 0. The third kappa shape index (κ3) is 4.59. The zero-order valence-corrected chi connectivity index (χ0v) is 26.6. The van der Waals surface area contributed by atoms with Crippen LogP contribution in [0.3, 0.4) is 0 Å². The van der Waals surface area contributed by atoms with Crippen molar-refractivity contribution in [2.75, 3.05) is 36.8 Å². The van der Waals surface area contributed by atoms with Crippen LogP contribution in [0.2, 0.25) is 0 Å². The fourth-order valence-electron chi connectivity index (χ4n) is 8.21. The fourth-order valence-corrected chi connectivity index (χ4v) is 9.27. The number of benzene rings is 4. The maximum atomic E-state index is 3.99. The second kappa shape index (κ2) is 10.7. The highest BCUT2D eigenvalue weighted by Crippen LogP contribution is 2.51. The molecule has 0 spiro atoms. The van der Waals surface area contributed by atoms with E-state index in [9.17, 15) is 0 Å². The van der Waals surface area contributed by atoms with Gasteiger partial charge in [-0.25, -0.2) is 0 Å². The lowest BCUT2D eigenvalue weighted by atomic mass is 9.86. The first-order valence-corrected chi connectivity index (χ1v) is 16.9. The van der Waals surface area contributed by atoms with Gasteiger partial charge in [0.05, 0.1) is 0 Å². The molecule has 4 atom stereocenters. The van der Waals surface area contributed by atoms with E-state index in [4.69, 9.17) is 0 Å². The van der Waals surface area contributed by atoms with Crippen LogP contribution >= 0.6 is 11.8 Å². The molecule has 4 aromatic carbocycles. The van der Waals surface area contributed by atoms with E-state index in [1.807, 2.05) is 11.8 Å². The van der Waals surface area contributed by atoms with Gasteiger partial charge in [0.15, 0.2) is 0 Å². The van der Waals surface area contributed by atoms with Gasteiger partial charge in [0.1, 0.15) is 0 Å². The molecule has 4 aromatic rings. The number of piperidine rings is 2. The number of nitrogens with one attached hydrogen (secondary N) is 4. The minimum Gasteiger partial charge on any atom is -0.381 e. The highest BCUT2D eigenvalue weighted by Gasteiger charge is 2.38. The van der Waals surface area contributed by atoms with Crippen LogP contribution < -0.4 is 21.3 Å². The Balaban J connectivity index is 1.23. The molecule has 0 amide bonds. The average Bonchev–Trinajstić information content (AvgIpc) is 3.60. The minimum atomic E-state index is 0.524. The van der Waals surface area contributed by atoms with E-state index in [0.29, 0.717) is 23.9 Å². The third-order valence-corrected chi connectivity index (χ3v) is 11.5. The number of fused-ring (bicyclic) bond motifs is 6. The van der Waals surface area contributed by atoms with Crippen molar-refractivity contribution in [3.8, 4) is 22.3 Å². The lowest BCUT2D eigenvalue weighted by Gasteiger charge is -2.26. The number of hydrogen-bond acceptors (Lipinski definition) is 5. The average molecular weight is 587 g/mol. The molecule has 4 N–H and O–H groups in total. The lowest BCUT2D eigenvalue weighted by Crippen LogP contribution is -2.38. The van der Waals surface area contributed by atoms with Gasteiger partial charge in [-0.15, -0.1) is 0 Å². The van der Waals surface area contributed by atoms with Crippen LogP contribution in [0.25, 0.3) is 22.3 Å². The predicted molar refractivity (Wildman–Crippen MR) is 182 cm³/mol. The third-order valence-electron chi connectivity index (χ3n) is 10.4. The van der Waals surface area contributed by atoms with Crippen molar-refractivity contribution in [1.29, 1.82) is 0 Å². The second-order valence-electron chi connectivity index (χ2n) is 13.2. The molecular weight excluding hydrogens is 545 g/mol. The zero-order valence-electron chi connectivity index (χ0n) is 25.7. The molecule has 4 aliphatic heterocycles. The molecule has 0 saturated carbocycles. The number of rotatable bonds is 4. The highest BCUT2D eigenvalue weighted by atomic mass is 32.2. The Bertz CT molecular complexity index is 1620. The first-order valence-electron chi connectivity index (χ1n) is 16.1. The summed E-state index contributed by atoms with van der Waals surface area (Å²) in [7, 11) is 0. The summed E-state index contributed by atoms with van der Waals surface area (Å²) in [5.74, 6) is 1.09. The second-order valence-corrected chi connectivity index (χ2v) is 14.3. The van der Waals surface area contributed by atoms with Crippen molar-refractivity contribution in [3.63, 3.8) is 0 Å². The van der Waals surface area contributed by atoms with Crippen LogP contribution in [0.15, 0.2) is 70.5 Å². The fraction of sp³-hybridized carbons (Fsp3) is 0.368. The molecule has 0 aliphatic carbocycles. The van der Waals surface area contributed by atoms with Gasteiger partial charge >= 0.3 is 0 Å². The van der Waals surface area contributed by atoms with Crippen LogP contribution in [0.5, 0.6) is 0 Å². The summed E-state index contributed by atoms with van der Waals surface area (Å²) in [6.07, 6.45) is 2.35. The minimum absolute atomic E-state index is 0.524. The van der Waals surface area contributed by atoms with Gasteiger partial charge < -0.3 is 21.3 Å². The van der Waals surface area contributed by atoms with Crippen LogP contribution in [0.1, 0.15) is 58.1 Å². The van der Waals surface area contributed by atoms with Crippen molar-refractivity contribution in [1.82, 2.24) is 10.6 Å². The lowest BCUT2D eigenvalue weighted by molar-refractivity contribution is 0.439. The number of aryl methyl sites for hydroxylation is 4. The Labute approximate surface area is 260 Å². The van der Waals surface area contributed by atoms with Crippen molar-refractivity contribution in [3.05, 3.63) is 94.0 Å². The first-order chi connectivity index (χ1) is 21.0. The van der Waals surface area contributed by atoms with Crippen molar-refractivity contribution in [2.45, 2.75) is 74.2 Å². The topological polar surface area (TPSA) is 48.1 Å². The van der Waals surface area contributed by atoms with Crippen molar-refractivity contribution < 1.29 is 0 Å². The summed E-state index contributed by atoms with van der Waals surface area (Å²) in [5.41, 5.74) is 16.5. The molecule has 43 heavy (non-hydrogen) atoms. The molecule has 4 nitrogen and oxygen atoms in total. The van der Waals surface area contributed by atoms with Crippen LogP contribution in [-0.4, -0.2) is 38.3 Å². The monoisotopic (exact) mass is 586 g/mol. The molecule has 5 heteroatoms. The number of anilines is 2. The standard InChI is InChI=1S/C38H42N4S/c1-21-5-11-33(27(17-21)25-9-7-23(3)35-29-19-39-15-13-31(29)41-37(25)35)43-34-12-6-22(2)18-28(34)26-10-8-24(4)36-30-20-40-16-14-32(30)42-38(26)36/h5-12,17-18,29-32,39-42H,13-16,19-20H2,1-4H3/t29-,30?,31-,32?/m1/s1. The van der Waals surface area contributed by atoms with Gasteiger partial charge in [0.2, 0.25) is 0 Å². The van der Waals surface area contributed by atoms with E-state index < -0.39 is 0 Å².